The fraction of sp³-hybridized carbons (Fsp3) is 0.684. The van der Waals surface area contributed by atoms with Crippen molar-refractivity contribution in [3.05, 3.63) is 34.2 Å². The summed E-state index contributed by atoms with van der Waals surface area (Å²) in [6.07, 6.45) is 3.52. The van der Waals surface area contributed by atoms with Crippen LogP contribution in [0, 0.1) is 5.92 Å². The molecule has 5 nitrogen and oxygen atoms in total. The number of carbonyl (C=O) groups is 1. The van der Waals surface area contributed by atoms with Crippen LogP contribution in [-0.4, -0.2) is 65.0 Å². The molecule has 4 rings (SSSR count). The number of aromatic nitrogens is 1. The summed E-state index contributed by atoms with van der Waals surface area (Å²) in [6.45, 7) is 1.97. The minimum absolute atomic E-state index is 0.0325. The lowest BCUT2D eigenvalue weighted by Crippen LogP contribution is -2.55. The van der Waals surface area contributed by atoms with Crippen molar-refractivity contribution in [1.82, 2.24) is 14.4 Å². The predicted octanol–water partition coefficient (Wildman–Crippen LogP) is 1.79. The molecular weight excluding hydrogens is 334 g/mol. The highest BCUT2D eigenvalue weighted by molar-refractivity contribution is 7.99. The Bertz CT molecular complexity index is 711. The molecule has 3 atom stereocenters. The Hall–Kier alpha value is -1.27. The van der Waals surface area contributed by atoms with E-state index in [0.29, 0.717) is 12.0 Å². The fourth-order valence-electron chi connectivity index (χ4n) is 4.90. The number of likely N-dealkylation sites (N-methyl/N-ethyl adjacent to an activating group) is 1. The van der Waals surface area contributed by atoms with Gasteiger partial charge >= 0.3 is 0 Å². The summed E-state index contributed by atoms with van der Waals surface area (Å²) in [7, 11) is 3.59. The third-order valence-corrected chi connectivity index (χ3v) is 7.13. The molecule has 2 fully saturated rings. The molecule has 0 N–H and O–H groups in total. The second-order valence-electron chi connectivity index (χ2n) is 7.83. The molecule has 6 heteroatoms. The van der Waals surface area contributed by atoms with E-state index < -0.39 is 0 Å². The van der Waals surface area contributed by atoms with Crippen molar-refractivity contribution in [2.24, 2.45) is 5.92 Å². The normalized spacial score (nSPS) is 29.9. The summed E-state index contributed by atoms with van der Waals surface area (Å²) in [5, 5.41) is 0. The number of likely N-dealkylation sites (tertiary alicyclic amines) is 1. The number of fused-ring (bicyclic) bond motifs is 4. The number of nitrogens with zero attached hydrogens (tertiary/aromatic N) is 3. The van der Waals surface area contributed by atoms with Gasteiger partial charge in [0.2, 0.25) is 5.91 Å². The van der Waals surface area contributed by atoms with Crippen LogP contribution in [0.1, 0.15) is 36.9 Å². The van der Waals surface area contributed by atoms with Crippen molar-refractivity contribution in [1.29, 1.82) is 0 Å². The summed E-state index contributed by atoms with van der Waals surface area (Å²) >= 11 is 2.05. The molecule has 2 bridgehead atoms. The number of hydrogen-bond donors (Lipinski definition) is 0. The molecule has 1 aromatic heterocycles. The Morgan fingerprint density at radius 1 is 1.20 bits per heavy atom. The van der Waals surface area contributed by atoms with Gasteiger partial charge < -0.3 is 4.90 Å². The van der Waals surface area contributed by atoms with Gasteiger partial charge in [0.05, 0.1) is 0 Å². The molecule has 1 amide bonds. The topological polar surface area (TPSA) is 45.6 Å². The minimum Gasteiger partial charge on any atom is -0.347 e. The number of thioether (sulfide) groups is 1. The Labute approximate surface area is 153 Å². The van der Waals surface area contributed by atoms with Crippen molar-refractivity contribution >= 4 is 17.7 Å². The van der Waals surface area contributed by atoms with Gasteiger partial charge in [0.1, 0.15) is 6.04 Å². The Morgan fingerprint density at radius 2 is 1.96 bits per heavy atom. The van der Waals surface area contributed by atoms with Crippen molar-refractivity contribution in [3.63, 3.8) is 0 Å². The average Bonchev–Trinajstić information content (AvgIpc) is 2.63. The van der Waals surface area contributed by atoms with Gasteiger partial charge in [-0.15, -0.1) is 0 Å². The van der Waals surface area contributed by atoms with E-state index in [1.54, 1.807) is 29.6 Å². The zero-order valence-electron chi connectivity index (χ0n) is 15.1. The summed E-state index contributed by atoms with van der Waals surface area (Å²) in [5.74, 6) is 3.14. The minimum atomic E-state index is -0.351. The maximum atomic E-state index is 12.9. The fourth-order valence-corrected chi connectivity index (χ4v) is 5.98. The molecular formula is C19H27N3O2S. The Kier molecular flexibility index (Phi) is 4.67. The van der Waals surface area contributed by atoms with E-state index in [-0.39, 0.29) is 23.4 Å². The molecule has 3 aliphatic heterocycles. The predicted molar refractivity (Wildman–Crippen MR) is 101 cm³/mol. The number of hydrogen-bond acceptors (Lipinski definition) is 4. The average molecular weight is 362 g/mol. The number of rotatable bonds is 2. The first-order valence-corrected chi connectivity index (χ1v) is 10.5. The van der Waals surface area contributed by atoms with Gasteiger partial charge in [0, 0.05) is 56.8 Å². The van der Waals surface area contributed by atoms with E-state index in [1.165, 1.54) is 24.3 Å². The van der Waals surface area contributed by atoms with Crippen LogP contribution in [0.2, 0.25) is 0 Å². The van der Waals surface area contributed by atoms with E-state index >= 15 is 0 Å². The van der Waals surface area contributed by atoms with E-state index in [1.807, 2.05) is 6.07 Å². The second kappa shape index (κ2) is 6.80. The number of amides is 1. The van der Waals surface area contributed by atoms with Gasteiger partial charge in [0.25, 0.3) is 5.56 Å². The van der Waals surface area contributed by atoms with Gasteiger partial charge in [-0.05, 0) is 36.8 Å². The van der Waals surface area contributed by atoms with Crippen LogP contribution in [0.4, 0.5) is 0 Å². The standard InChI is InChI=1S/C19H27N3O2S/c1-20(2)19(24)18-14-10-13(16-4-3-5-17(23)22(16)18)11-21(12-14)15-6-8-25-9-7-15/h3-5,13-15,18H,6-12H2,1-2H3/t13-,14+,18-/m1/s1. The van der Waals surface area contributed by atoms with Crippen molar-refractivity contribution in [2.75, 3.05) is 38.7 Å². The molecule has 4 heterocycles. The number of piperidine rings is 1. The maximum Gasteiger partial charge on any atom is 0.251 e. The van der Waals surface area contributed by atoms with E-state index in [9.17, 15) is 9.59 Å². The van der Waals surface area contributed by atoms with Crippen molar-refractivity contribution in [2.45, 2.75) is 37.3 Å². The Balaban J connectivity index is 1.72. The maximum absolute atomic E-state index is 12.9. The van der Waals surface area contributed by atoms with Crippen molar-refractivity contribution in [3.8, 4) is 0 Å². The summed E-state index contributed by atoms with van der Waals surface area (Å²) in [5.41, 5.74) is 1.02. The van der Waals surface area contributed by atoms with Crippen LogP contribution in [0.3, 0.4) is 0 Å². The summed E-state index contributed by atoms with van der Waals surface area (Å²) in [6, 6.07) is 5.79. The van der Waals surface area contributed by atoms with Gasteiger partial charge in [-0.2, -0.15) is 11.8 Å². The lowest BCUT2D eigenvalue weighted by Gasteiger charge is -2.49. The molecule has 2 saturated heterocycles. The van der Waals surface area contributed by atoms with E-state index in [2.05, 4.69) is 22.7 Å². The highest BCUT2D eigenvalue weighted by Gasteiger charge is 2.45. The SMILES string of the molecule is CN(C)C(=O)[C@H]1[C@H]2C[C@H](CN(C3CCSCC3)C2)c2cccc(=O)n21. The quantitative estimate of drug-likeness (QED) is 0.806. The molecule has 3 aliphatic rings. The molecule has 0 aromatic carbocycles. The molecule has 0 spiro atoms. The first-order valence-electron chi connectivity index (χ1n) is 9.30. The highest BCUT2D eigenvalue weighted by Crippen LogP contribution is 2.43. The lowest BCUT2D eigenvalue weighted by molar-refractivity contribution is -0.136. The third kappa shape index (κ3) is 3.04. The first kappa shape index (κ1) is 17.2. The largest absolute Gasteiger partial charge is 0.347 e. The molecule has 0 radical (unpaired) electrons. The second-order valence-corrected chi connectivity index (χ2v) is 9.05. The number of pyridine rings is 1. The smallest absolute Gasteiger partial charge is 0.251 e. The third-order valence-electron chi connectivity index (χ3n) is 6.08. The Morgan fingerprint density at radius 3 is 2.68 bits per heavy atom. The van der Waals surface area contributed by atoms with Crippen LogP contribution in [0.25, 0.3) is 0 Å². The molecule has 25 heavy (non-hydrogen) atoms. The zero-order chi connectivity index (χ0) is 17.6. The van der Waals surface area contributed by atoms with Crippen LogP contribution in [0.15, 0.2) is 23.0 Å². The van der Waals surface area contributed by atoms with Crippen molar-refractivity contribution < 1.29 is 4.79 Å². The molecule has 0 unspecified atom stereocenters. The van der Waals surface area contributed by atoms with E-state index in [0.717, 1.165) is 25.2 Å². The van der Waals surface area contributed by atoms with Gasteiger partial charge in [-0.3, -0.25) is 19.1 Å². The van der Waals surface area contributed by atoms with Crippen LogP contribution in [0.5, 0.6) is 0 Å². The van der Waals surface area contributed by atoms with E-state index in [4.69, 9.17) is 0 Å². The zero-order valence-corrected chi connectivity index (χ0v) is 15.9. The first-order chi connectivity index (χ1) is 12.1. The van der Waals surface area contributed by atoms with Crippen LogP contribution in [-0.2, 0) is 4.79 Å². The van der Waals surface area contributed by atoms with Gasteiger partial charge in [-0.25, -0.2) is 0 Å². The number of carbonyl (C=O) groups excluding carboxylic acids is 1. The van der Waals surface area contributed by atoms with Gasteiger partial charge in [-0.1, -0.05) is 6.07 Å². The highest BCUT2D eigenvalue weighted by atomic mass is 32.2. The van der Waals surface area contributed by atoms with Crippen LogP contribution >= 0.6 is 11.8 Å². The molecule has 0 aliphatic carbocycles. The summed E-state index contributed by atoms with van der Waals surface area (Å²) in [4.78, 5) is 29.8. The monoisotopic (exact) mass is 361 g/mol. The van der Waals surface area contributed by atoms with Crippen LogP contribution < -0.4 is 5.56 Å². The van der Waals surface area contributed by atoms with Gasteiger partial charge in [0.15, 0.2) is 0 Å². The molecule has 136 valence electrons. The lowest BCUT2D eigenvalue weighted by atomic mass is 9.77. The molecule has 1 aromatic rings. The summed E-state index contributed by atoms with van der Waals surface area (Å²) < 4.78 is 1.80. The molecule has 0 saturated carbocycles.